The van der Waals surface area contributed by atoms with E-state index in [0.717, 1.165) is 25.7 Å². The summed E-state index contributed by atoms with van der Waals surface area (Å²) in [5.41, 5.74) is 0.822. The molecule has 5 nitrogen and oxygen atoms in total. The maximum atomic E-state index is 12.9. The molecule has 0 saturated heterocycles. The molecule has 25 heavy (non-hydrogen) atoms. The van der Waals surface area contributed by atoms with Gasteiger partial charge in [-0.1, -0.05) is 25.3 Å². The molecular formula is C19H20FN3O2. The number of pyridine rings is 1. The van der Waals surface area contributed by atoms with Crippen molar-refractivity contribution in [2.75, 3.05) is 5.32 Å². The SMILES string of the molecule is O=C(Nc1ccc(F)cc1)c1cccc(C(=O)NC2CCCCC2)n1. The van der Waals surface area contributed by atoms with Crippen LogP contribution in [0.1, 0.15) is 53.1 Å². The van der Waals surface area contributed by atoms with E-state index in [-0.39, 0.29) is 29.2 Å². The molecule has 1 saturated carbocycles. The number of anilines is 1. The first-order valence-corrected chi connectivity index (χ1v) is 8.46. The lowest BCUT2D eigenvalue weighted by molar-refractivity contribution is 0.0922. The first-order valence-electron chi connectivity index (χ1n) is 8.46. The summed E-state index contributed by atoms with van der Waals surface area (Å²) in [6.45, 7) is 0. The fourth-order valence-electron chi connectivity index (χ4n) is 2.92. The zero-order valence-electron chi connectivity index (χ0n) is 13.8. The molecule has 1 fully saturated rings. The van der Waals surface area contributed by atoms with E-state index >= 15 is 0 Å². The molecule has 1 aromatic carbocycles. The molecule has 2 amide bonds. The number of halogens is 1. The number of carbonyl (C=O) groups excluding carboxylic acids is 2. The topological polar surface area (TPSA) is 71.1 Å². The molecule has 1 aliphatic rings. The lowest BCUT2D eigenvalue weighted by Crippen LogP contribution is -2.36. The molecule has 1 heterocycles. The van der Waals surface area contributed by atoms with Crippen LogP contribution in [-0.4, -0.2) is 22.8 Å². The van der Waals surface area contributed by atoms with Gasteiger partial charge in [0, 0.05) is 11.7 Å². The van der Waals surface area contributed by atoms with Crippen molar-refractivity contribution in [2.45, 2.75) is 38.1 Å². The molecular weight excluding hydrogens is 321 g/mol. The predicted octanol–water partition coefficient (Wildman–Crippen LogP) is 3.54. The molecule has 0 spiro atoms. The van der Waals surface area contributed by atoms with Crippen molar-refractivity contribution >= 4 is 17.5 Å². The number of nitrogens with one attached hydrogen (secondary N) is 2. The standard InChI is InChI=1S/C19H20FN3O2/c20-13-9-11-15(12-10-13)22-19(25)17-8-4-7-16(23-17)18(24)21-14-5-2-1-3-6-14/h4,7-12,14H,1-3,5-6H2,(H,21,24)(H,22,25). The molecule has 1 aromatic heterocycles. The van der Waals surface area contributed by atoms with Gasteiger partial charge in [0.25, 0.3) is 11.8 Å². The van der Waals surface area contributed by atoms with Crippen LogP contribution in [0.3, 0.4) is 0 Å². The highest BCUT2D eigenvalue weighted by molar-refractivity contribution is 6.03. The number of nitrogens with zero attached hydrogens (tertiary/aromatic N) is 1. The van der Waals surface area contributed by atoms with Gasteiger partial charge in [0.05, 0.1) is 0 Å². The second kappa shape index (κ2) is 7.88. The summed E-state index contributed by atoms with van der Waals surface area (Å²) in [6, 6.07) is 10.4. The van der Waals surface area contributed by atoms with Crippen molar-refractivity contribution in [3.8, 4) is 0 Å². The van der Waals surface area contributed by atoms with Crippen LogP contribution in [0.2, 0.25) is 0 Å². The molecule has 0 bridgehead atoms. The van der Waals surface area contributed by atoms with Crippen LogP contribution < -0.4 is 10.6 Å². The van der Waals surface area contributed by atoms with Crippen LogP contribution >= 0.6 is 0 Å². The summed E-state index contributed by atoms with van der Waals surface area (Å²) in [5, 5.41) is 5.62. The van der Waals surface area contributed by atoms with Crippen LogP contribution in [0.15, 0.2) is 42.5 Å². The first kappa shape index (κ1) is 17.1. The van der Waals surface area contributed by atoms with E-state index in [2.05, 4.69) is 15.6 Å². The minimum Gasteiger partial charge on any atom is -0.348 e. The van der Waals surface area contributed by atoms with Gasteiger partial charge >= 0.3 is 0 Å². The Labute approximate surface area is 145 Å². The Bertz CT molecular complexity index is 756. The number of rotatable bonds is 4. The zero-order chi connectivity index (χ0) is 17.6. The minimum absolute atomic E-state index is 0.139. The van der Waals surface area contributed by atoms with Crippen LogP contribution in [0, 0.1) is 5.82 Å². The van der Waals surface area contributed by atoms with Gasteiger partial charge in [0.1, 0.15) is 17.2 Å². The average molecular weight is 341 g/mol. The first-order chi connectivity index (χ1) is 12.1. The second-order valence-corrected chi connectivity index (χ2v) is 6.18. The monoisotopic (exact) mass is 341 g/mol. The van der Waals surface area contributed by atoms with E-state index in [4.69, 9.17) is 0 Å². The summed E-state index contributed by atoms with van der Waals surface area (Å²) in [6.07, 6.45) is 5.42. The van der Waals surface area contributed by atoms with Gasteiger partial charge in [0.15, 0.2) is 0 Å². The van der Waals surface area contributed by atoms with E-state index in [9.17, 15) is 14.0 Å². The summed E-state index contributed by atoms with van der Waals surface area (Å²) in [5.74, 6) is -1.08. The smallest absolute Gasteiger partial charge is 0.274 e. The number of hydrogen-bond donors (Lipinski definition) is 2. The third-order valence-corrected chi connectivity index (χ3v) is 4.26. The Hall–Kier alpha value is -2.76. The molecule has 6 heteroatoms. The van der Waals surface area contributed by atoms with Gasteiger partial charge in [0.2, 0.25) is 0 Å². The Morgan fingerprint density at radius 3 is 2.24 bits per heavy atom. The molecule has 0 atom stereocenters. The van der Waals surface area contributed by atoms with Gasteiger partial charge in [-0.2, -0.15) is 0 Å². The molecule has 2 aromatic rings. The fourth-order valence-corrected chi connectivity index (χ4v) is 2.92. The summed E-state index contributed by atoms with van der Waals surface area (Å²) < 4.78 is 12.9. The normalized spacial score (nSPS) is 14.8. The largest absolute Gasteiger partial charge is 0.348 e. The number of aromatic nitrogens is 1. The summed E-state index contributed by atoms with van der Waals surface area (Å²) in [7, 11) is 0. The van der Waals surface area contributed by atoms with E-state index < -0.39 is 5.91 Å². The molecule has 0 radical (unpaired) electrons. The average Bonchev–Trinajstić information content (AvgIpc) is 2.64. The van der Waals surface area contributed by atoms with Gasteiger partial charge in [-0.25, -0.2) is 9.37 Å². The fraction of sp³-hybridized carbons (Fsp3) is 0.316. The van der Waals surface area contributed by atoms with Crippen molar-refractivity contribution in [1.82, 2.24) is 10.3 Å². The lowest BCUT2D eigenvalue weighted by atomic mass is 9.95. The van der Waals surface area contributed by atoms with Crippen molar-refractivity contribution in [3.05, 3.63) is 59.7 Å². The highest BCUT2D eigenvalue weighted by atomic mass is 19.1. The number of carbonyl (C=O) groups is 2. The van der Waals surface area contributed by atoms with Gasteiger partial charge < -0.3 is 10.6 Å². The van der Waals surface area contributed by atoms with E-state index in [1.54, 1.807) is 12.1 Å². The third-order valence-electron chi connectivity index (χ3n) is 4.26. The van der Waals surface area contributed by atoms with E-state index in [1.165, 1.54) is 36.8 Å². The number of hydrogen-bond acceptors (Lipinski definition) is 3. The Balaban J connectivity index is 1.66. The van der Waals surface area contributed by atoms with Gasteiger partial charge in [-0.15, -0.1) is 0 Å². The second-order valence-electron chi connectivity index (χ2n) is 6.18. The quantitative estimate of drug-likeness (QED) is 0.893. The van der Waals surface area contributed by atoms with Crippen molar-refractivity contribution in [3.63, 3.8) is 0 Å². The minimum atomic E-state index is -0.445. The Morgan fingerprint density at radius 2 is 1.56 bits per heavy atom. The van der Waals surface area contributed by atoms with Crippen LogP contribution in [-0.2, 0) is 0 Å². The van der Waals surface area contributed by atoms with Crippen LogP contribution in [0.4, 0.5) is 10.1 Å². The predicted molar refractivity (Wildman–Crippen MR) is 92.9 cm³/mol. The van der Waals surface area contributed by atoms with Crippen molar-refractivity contribution in [1.29, 1.82) is 0 Å². The molecule has 2 N–H and O–H groups in total. The maximum Gasteiger partial charge on any atom is 0.274 e. The van der Waals surface area contributed by atoms with E-state index in [0.29, 0.717) is 5.69 Å². The van der Waals surface area contributed by atoms with Gasteiger partial charge in [-0.3, -0.25) is 9.59 Å². The lowest BCUT2D eigenvalue weighted by Gasteiger charge is -2.22. The molecule has 3 rings (SSSR count). The summed E-state index contributed by atoms with van der Waals surface area (Å²) >= 11 is 0. The molecule has 0 aliphatic heterocycles. The maximum absolute atomic E-state index is 12.9. The van der Waals surface area contributed by atoms with Crippen LogP contribution in [0.5, 0.6) is 0 Å². The third kappa shape index (κ3) is 4.62. The van der Waals surface area contributed by atoms with E-state index in [1.807, 2.05) is 0 Å². The molecule has 1 aliphatic carbocycles. The zero-order valence-corrected chi connectivity index (χ0v) is 13.8. The highest BCUT2D eigenvalue weighted by Gasteiger charge is 2.18. The highest BCUT2D eigenvalue weighted by Crippen LogP contribution is 2.17. The van der Waals surface area contributed by atoms with Crippen LogP contribution in [0.25, 0.3) is 0 Å². The van der Waals surface area contributed by atoms with Crippen molar-refractivity contribution < 1.29 is 14.0 Å². The molecule has 130 valence electrons. The van der Waals surface area contributed by atoms with Gasteiger partial charge in [-0.05, 0) is 49.2 Å². The molecule has 0 unspecified atom stereocenters. The summed E-state index contributed by atoms with van der Waals surface area (Å²) in [4.78, 5) is 28.8. The Kier molecular flexibility index (Phi) is 5.38. The Morgan fingerprint density at radius 1 is 0.920 bits per heavy atom. The number of amides is 2. The van der Waals surface area contributed by atoms with Crippen molar-refractivity contribution in [2.24, 2.45) is 0 Å². The number of benzene rings is 1.